The van der Waals surface area contributed by atoms with Crippen LogP contribution in [-0.2, 0) is 27.9 Å². The van der Waals surface area contributed by atoms with Crippen LogP contribution in [0.15, 0.2) is 97.2 Å². The third-order valence-corrected chi connectivity index (χ3v) is 14.7. The molecule has 9 nitrogen and oxygen atoms in total. The molecule has 0 fully saturated rings. The smallest absolute Gasteiger partial charge is 0.306 e. The minimum Gasteiger partial charge on any atom is -0.756 e. The minimum absolute atomic E-state index is 0.0322. The number of carbonyl (C=O) groups is 2. The quantitative estimate of drug-likeness (QED) is 0.0161. The summed E-state index contributed by atoms with van der Waals surface area (Å²) in [7, 11) is 1.16. The molecular formula is C68H121N2O7P. The van der Waals surface area contributed by atoms with E-state index in [0.717, 1.165) is 109 Å². The van der Waals surface area contributed by atoms with E-state index in [1.807, 2.05) is 33.3 Å². The Kier molecular flexibility index (Phi) is 54.9. The molecule has 0 saturated carbocycles. The molecule has 0 aromatic rings. The van der Waals surface area contributed by atoms with Crippen LogP contribution in [0.4, 0.5) is 0 Å². The van der Waals surface area contributed by atoms with Crippen LogP contribution in [0.2, 0.25) is 0 Å². The van der Waals surface area contributed by atoms with E-state index in [1.165, 1.54) is 122 Å². The average molecular weight is 1110 g/mol. The van der Waals surface area contributed by atoms with Crippen molar-refractivity contribution in [3.05, 3.63) is 97.2 Å². The molecule has 0 heterocycles. The lowest BCUT2D eigenvalue weighted by Crippen LogP contribution is -2.47. The van der Waals surface area contributed by atoms with E-state index < -0.39 is 26.6 Å². The number of esters is 1. The SMILES string of the molecule is CC/C=C\C/C=C\C/C=C\C/C=C\C/C=C\CCCCCCCCCCCC(=O)OC(/C=C\CCCCCCCCCCC)C(COP(=O)([O-])OCC[N+](C)(C)C)NC(=O)CCCCC/C=C/C=C/CCCCCCCCC. The zero-order valence-electron chi connectivity index (χ0n) is 51.3. The first-order chi connectivity index (χ1) is 37.9. The molecule has 0 spiro atoms. The Morgan fingerprint density at radius 2 is 0.859 bits per heavy atom. The van der Waals surface area contributed by atoms with Crippen molar-refractivity contribution in [3.8, 4) is 0 Å². The maximum absolute atomic E-state index is 13.5. The summed E-state index contributed by atoms with van der Waals surface area (Å²) < 4.78 is 30.3. The number of phosphoric ester groups is 1. The normalized spacial score (nSPS) is 14.3. The minimum atomic E-state index is -4.71. The number of nitrogens with one attached hydrogen (secondary N) is 1. The maximum atomic E-state index is 13.5. The summed E-state index contributed by atoms with van der Waals surface area (Å²) in [5, 5.41) is 3.01. The summed E-state index contributed by atoms with van der Waals surface area (Å²) >= 11 is 0. The van der Waals surface area contributed by atoms with Gasteiger partial charge in [-0.25, -0.2) is 0 Å². The highest BCUT2D eigenvalue weighted by atomic mass is 31.2. The van der Waals surface area contributed by atoms with Gasteiger partial charge in [0.25, 0.3) is 7.82 Å². The molecule has 0 aromatic heterocycles. The molecule has 0 aromatic carbocycles. The third kappa shape index (κ3) is 57.6. The number of hydrogen-bond acceptors (Lipinski definition) is 7. The van der Waals surface area contributed by atoms with Gasteiger partial charge in [-0.3, -0.25) is 14.2 Å². The van der Waals surface area contributed by atoms with Crippen molar-refractivity contribution >= 4 is 19.7 Å². The number of amides is 1. The molecular weight excluding hydrogens is 988 g/mol. The predicted molar refractivity (Wildman–Crippen MR) is 334 cm³/mol. The Morgan fingerprint density at radius 3 is 1.32 bits per heavy atom. The second-order valence-electron chi connectivity index (χ2n) is 22.6. The van der Waals surface area contributed by atoms with E-state index in [2.05, 4.69) is 111 Å². The monoisotopic (exact) mass is 1110 g/mol. The van der Waals surface area contributed by atoms with Crippen LogP contribution in [-0.4, -0.2) is 69.4 Å². The first-order valence-corrected chi connectivity index (χ1v) is 33.5. The number of phosphoric acid groups is 1. The lowest BCUT2D eigenvalue weighted by atomic mass is 10.1. The number of unbranched alkanes of at least 4 members (excludes halogenated alkanes) is 28. The largest absolute Gasteiger partial charge is 0.756 e. The molecule has 0 radical (unpaired) electrons. The Bertz CT molecular complexity index is 1660. The van der Waals surface area contributed by atoms with Crippen molar-refractivity contribution in [3.63, 3.8) is 0 Å². The highest BCUT2D eigenvalue weighted by Crippen LogP contribution is 2.38. The van der Waals surface area contributed by atoms with Gasteiger partial charge in [-0.1, -0.05) is 253 Å². The third-order valence-electron chi connectivity index (χ3n) is 13.8. The molecule has 0 aliphatic heterocycles. The molecule has 1 N–H and O–H groups in total. The fraction of sp³-hybridized carbons (Fsp3) is 0.735. The van der Waals surface area contributed by atoms with E-state index in [1.54, 1.807) is 0 Å². The molecule has 10 heteroatoms. The van der Waals surface area contributed by atoms with E-state index in [-0.39, 0.29) is 31.3 Å². The number of carbonyl (C=O) groups excluding carboxylic acids is 2. The summed E-state index contributed by atoms with van der Waals surface area (Å²) in [6.07, 6.45) is 76.7. The zero-order chi connectivity index (χ0) is 57.2. The fourth-order valence-electron chi connectivity index (χ4n) is 8.83. The lowest BCUT2D eigenvalue weighted by Gasteiger charge is -2.30. The first-order valence-electron chi connectivity index (χ1n) is 32.1. The van der Waals surface area contributed by atoms with Gasteiger partial charge in [0.1, 0.15) is 19.3 Å². The number of nitrogens with zero attached hydrogens (tertiary/aromatic N) is 1. The van der Waals surface area contributed by atoms with Gasteiger partial charge >= 0.3 is 5.97 Å². The average Bonchev–Trinajstić information content (AvgIpc) is 3.41. The molecule has 0 rings (SSSR count). The highest BCUT2D eigenvalue weighted by Gasteiger charge is 2.27. The van der Waals surface area contributed by atoms with Crippen molar-refractivity contribution in [1.82, 2.24) is 5.32 Å². The van der Waals surface area contributed by atoms with Crippen molar-refractivity contribution in [2.75, 3.05) is 40.9 Å². The first kappa shape index (κ1) is 74.9. The highest BCUT2D eigenvalue weighted by molar-refractivity contribution is 7.45. The Labute approximate surface area is 481 Å². The molecule has 0 aliphatic rings. The second-order valence-corrected chi connectivity index (χ2v) is 24.0. The molecule has 0 aliphatic carbocycles. The summed E-state index contributed by atoms with van der Waals surface area (Å²) in [5.74, 6) is -0.581. The molecule has 3 unspecified atom stereocenters. The lowest BCUT2D eigenvalue weighted by molar-refractivity contribution is -0.870. The number of allylic oxidation sites excluding steroid dienone is 15. The number of quaternary nitrogens is 1. The summed E-state index contributed by atoms with van der Waals surface area (Å²) in [4.78, 5) is 40.0. The van der Waals surface area contributed by atoms with Crippen LogP contribution >= 0.6 is 7.82 Å². The molecule has 0 bridgehead atoms. The maximum Gasteiger partial charge on any atom is 0.306 e. The van der Waals surface area contributed by atoms with Crippen molar-refractivity contribution in [2.45, 2.75) is 283 Å². The Morgan fingerprint density at radius 1 is 0.474 bits per heavy atom. The van der Waals surface area contributed by atoms with Crippen LogP contribution in [0, 0.1) is 0 Å². The fourth-order valence-corrected chi connectivity index (χ4v) is 9.56. The van der Waals surface area contributed by atoms with Crippen LogP contribution < -0.4 is 10.2 Å². The van der Waals surface area contributed by atoms with Gasteiger partial charge < -0.3 is 28.5 Å². The standard InChI is InChI=1S/C68H121N2O7P/c1-7-10-13-16-19-22-25-27-29-31-32-33-34-35-36-37-38-39-41-43-46-49-52-55-58-61-68(72)77-66(59-56-53-50-47-44-24-21-18-15-12-9-3)65(64-76-78(73,74)75-63-62-70(4,5)6)69-67(71)60-57-54-51-48-45-42-40-30-28-26-23-20-17-14-11-8-2/h10,13,19,22,27,29-30,32-33,35-36,40,42,45,56,59,65-66H,7-9,11-12,14-18,20-21,23-26,28,31,34,37-39,41,43-44,46-55,57-58,60-64H2,1-6H3,(H-,69,71,73,74)/b13-10-,22-19-,29-27-,33-32-,36-35-,40-30+,45-42+,59-56-. The molecule has 78 heavy (non-hydrogen) atoms. The Balaban J connectivity index is 5.17. The number of ether oxygens (including phenoxy) is 1. The topological polar surface area (TPSA) is 114 Å². The van der Waals surface area contributed by atoms with E-state index in [0.29, 0.717) is 17.4 Å². The van der Waals surface area contributed by atoms with E-state index in [4.69, 9.17) is 13.8 Å². The van der Waals surface area contributed by atoms with Gasteiger partial charge in [0.2, 0.25) is 5.91 Å². The second kappa shape index (κ2) is 57.2. The molecule has 3 atom stereocenters. The van der Waals surface area contributed by atoms with Crippen molar-refractivity contribution in [1.29, 1.82) is 0 Å². The van der Waals surface area contributed by atoms with Crippen molar-refractivity contribution in [2.24, 2.45) is 0 Å². The summed E-state index contributed by atoms with van der Waals surface area (Å²) in [6, 6.07) is -0.909. The van der Waals surface area contributed by atoms with Crippen LogP contribution in [0.5, 0.6) is 0 Å². The van der Waals surface area contributed by atoms with Gasteiger partial charge in [-0.2, -0.15) is 0 Å². The van der Waals surface area contributed by atoms with Gasteiger partial charge in [0, 0.05) is 12.8 Å². The van der Waals surface area contributed by atoms with Crippen molar-refractivity contribution < 1.29 is 37.3 Å². The zero-order valence-corrected chi connectivity index (χ0v) is 52.2. The number of likely N-dealkylation sites (N-methyl/N-ethyl adjacent to an activating group) is 1. The van der Waals surface area contributed by atoms with Gasteiger partial charge in [0.05, 0.1) is 33.8 Å². The Hall–Kier alpha value is -3.07. The summed E-state index contributed by atoms with van der Waals surface area (Å²) in [6.45, 7) is 6.69. The van der Waals surface area contributed by atoms with Gasteiger partial charge in [-0.15, -0.1) is 0 Å². The summed E-state index contributed by atoms with van der Waals surface area (Å²) in [5.41, 5.74) is 0. The number of rotatable bonds is 57. The van der Waals surface area contributed by atoms with Crippen LogP contribution in [0.1, 0.15) is 271 Å². The van der Waals surface area contributed by atoms with Crippen LogP contribution in [0.3, 0.4) is 0 Å². The molecule has 0 saturated heterocycles. The predicted octanol–water partition coefficient (Wildman–Crippen LogP) is 19.3. The molecule has 1 amide bonds. The molecule has 450 valence electrons. The number of hydrogen-bond donors (Lipinski definition) is 1. The van der Waals surface area contributed by atoms with E-state index >= 15 is 0 Å². The van der Waals surface area contributed by atoms with E-state index in [9.17, 15) is 19.0 Å². The van der Waals surface area contributed by atoms with Crippen LogP contribution in [0.25, 0.3) is 0 Å². The van der Waals surface area contributed by atoms with Gasteiger partial charge in [-0.05, 0) is 102 Å². The van der Waals surface area contributed by atoms with Gasteiger partial charge in [0.15, 0.2) is 0 Å².